The van der Waals surface area contributed by atoms with Crippen molar-refractivity contribution >= 4 is 34.4 Å². The normalized spacial score (nSPS) is 9.81. The molecule has 4 nitrogen and oxygen atoms in total. The van der Waals surface area contributed by atoms with Gasteiger partial charge in [-0.3, -0.25) is 9.59 Å². The largest absolute Gasteiger partial charge is 0.370 e. The predicted octanol–water partition coefficient (Wildman–Crippen LogP) is 1.29. The third kappa shape index (κ3) is 4.61. The molecule has 0 fully saturated rings. The quantitative estimate of drug-likeness (QED) is 0.630. The molecule has 0 saturated heterocycles. The number of rotatable bonds is 5. The van der Waals surface area contributed by atoms with Gasteiger partial charge < -0.3 is 11.1 Å². The molecule has 1 aromatic carbocycles. The second-order valence-electron chi connectivity index (χ2n) is 3.34. The van der Waals surface area contributed by atoms with Crippen molar-refractivity contribution in [2.75, 3.05) is 6.54 Å². The van der Waals surface area contributed by atoms with Crippen LogP contribution in [0.2, 0.25) is 0 Å². The number of hydrogen-bond donors (Lipinski definition) is 2. The average molecular weight is 332 g/mol. The Bertz CT molecular complexity index is 393. The van der Waals surface area contributed by atoms with Gasteiger partial charge in [-0.25, -0.2) is 0 Å². The Balaban J connectivity index is 2.38. The van der Waals surface area contributed by atoms with Gasteiger partial charge in [-0.2, -0.15) is 0 Å². The Hall–Kier alpha value is -1.11. The van der Waals surface area contributed by atoms with Crippen LogP contribution in [-0.2, 0) is 4.79 Å². The van der Waals surface area contributed by atoms with Crippen molar-refractivity contribution in [3.8, 4) is 0 Å². The minimum atomic E-state index is -0.344. The standard InChI is InChI=1S/C11H13IN2O2/c12-9-4-1-3-8(7-9)11(16)14-6-2-5-10(13)15/h1,3-4,7H,2,5-6H2,(H2,13,15)(H,14,16). The van der Waals surface area contributed by atoms with Crippen LogP contribution >= 0.6 is 22.6 Å². The lowest BCUT2D eigenvalue weighted by molar-refractivity contribution is -0.118. The van der Waals surface area contributed by atoms with E-state index in [2.05, 4.69) is 27.9 Å². The summed E-state index contributed by atoms with van der Waals surface area (Å²) in [4.78, 5) is 22.1. The smallest absolute Gasteiger partial charge is 0.251 e. The van der Waals surface area contributed by atoms with Crippen molar-refractivity contribution in [3.05, 3.63) is 33.4 Å². The molecule has 0 aliphatic rings. The van der Waals surface area contributed by atoms with Gasteiger partial charge in [0.05, 0.1) is 0 Å². The Morgan fingerprint density at radius 1 is 1.38 bits per heavy atom. The lowest BCUT2D eigenvalue weighted by atomic mass is 10.2. The summed E-state index contributed by atoms with van der Waals surface area (Å²) >= 11 is 2.15. The maximum absolute atomic E-state index is 11.6. The topological polar surface area (TPSA) is 72.2 Å². The lowest BCUT2D eigenvalue weighted by Gasteiger charge is -2.04. The van der Waals surface area contributed by atoms with Crippen LogP contribution < -0.4 is 11.1 Å². The summed E-state index contributed by atoms with van der Waals surface area (Å²) in [5.41, 5.74) is 5.62. The number of amides is 2. The van der Waals surface area contributed by atoms with Crippen molar-refractivity contribution in [1.82, 2.24) is 5.32 Å². The molecule has 0 bridgehead atoms. The van der Waals surface area contributed by atoms with E-state index in [-0.39, 0.29) is 11.8 Å². The van der Waals surface area contributed by atoms with E-state index >= 15 is 0 Å². The molecule has 2 amide bonds. The van der Waals surface area contributed by atoms with Gasteiger partial charge in [0.25, 0.3) is 5.91 Å². The molecule has 1 rings (SSSR count). The minimum Gasteiger partial charge on any atom is -0.370 e. The number of nitrogens with two attached hydrogens (primary N) is 1. The Morgan fingerprint density at radius 3 is 2.75 bits per heavy atom. The van der Waals surface area contributed by atoms with Gasteiger partial charge in [0, 0.05) is 22.1 Å². The van der Waals surface area contributed by atoms with Gasteiger partial charge in [-0.05, 0) is 47.2 Å². The number of carbonyl (C=O) groups excluding carboxylic acids is 2. The fourth-order valence-corrected chi connectivity index (χ4v) is 1.74. The van der Waals surface area contributed by atoms with Crippen LogP contribution in [0.25, 0.3) is 0 Å². The highest BCUT2D eigenvalue weighted by molar-refractivity contribution is 14.1. The second kappa shape index (κ2) is 6.47. The molecule has 0 aliphatic heterocycles. The maximum Gasteiger partial charge on any atom is 0.251 e. The van der Waals surface area contributed by atoms with Crippen LogP contribution in [0, 0.1) is 3.57 Å². The van der Waals surface area contributed by atoms with Gasteiger partial charge >= 0.3 is 0 Å². The first-order chi connectivity index (χ1) is 7.59. The van der Waals surface area contributed by atoms with Crippen molar-refractivity contribution in [2.45, 2.75) is 12.8 Å². The summed E-state index contributed by atoms with van der Waals surface area (Å²) in [7, 11) is 0. The number of benzene rings is 1. The molecule has 0 aliphatic carbocycles. The van der Waals surface area contributed by atoms with Crippen LogP contribution in [0.1, 0.15) is 23.2 Å². The van der Waals surface area contributed by atoms with Crippen LogP contribution in [0.4, 0.5) is 0 Å². The van der Waals surface area contributed by atoms with E-state index in [1.807, 2.05) is 18.2 Å². The van der Waals surface area contributed by atoms with Crippen molar-refractivity contribution in [2.24, 2.45) is 5.73 Å². The number of halogens is 1. The highest BCUT2D eigenvalue weighted by Gasteiger charge is 2.04. The summed E-state index contributed by atoms with van der Waals surface area (Å²) in [6, 6.07) is 7.32. The first-order valence-corrected chi connectivity index (χ1v) is 5.99. The van der Waals surface area contributed by atoms with Crippen LogP contribution in [0.15, 0.2) is 24.3 Å². The molecule has 0 saturated carbocycles. The summed E-state index contributed by atoms with van der Waals surface area (Å²) in [6.07, 6.45) is 0.873. The summed E-state index contributed by atoms with van der Waals surface area (Å²) < 4.78 is 1.02. The van der Waals surface area contributed by atoms with E-state index in [1.165, 1.54) is 0 Å². The Labute approximate surface area is 108 Å². The van der Waals surface area contributed by atoms with Crippen molar-refractivity contribution < 1.29 is 9.59 Å². The first kappa shape index (κ1) is 13.0. The molecule has 1 aromatic rings. The van der Waals surface area contributed by atoms with Gasteiger partial charge in [0.2, 0.25) is 5.91 Å². The molecule has 0 unspecified atom stereocenters. The molecule has 0 heterocycles. The minimum absolute atomic E-state index is 0.122. The number of primary amides is 1. The zero-order valence-corrected chi connectivity index (χ0v) is 10.9. The van der Waals surface area contributed by atoms with E-state index in [9.17, 15) is 9.59 Å². The first-order valence-electron chi connectivity index (χ1n) is 4.91. The highest BCUT2D eigenvalue weighted by Crippen LogP contribution is 2.07. The summed E-state index contributed by atoms with van der Waals surface area (Å²) in [5, 5.41) is 2.73. The average Bonchev–Trinajstić information content (AvgIpc) is 2.24. The molecular weight excluding hydrogens is 319 g/mol. The second-order valence-corrected chi connectivity index (χ2v) is 4.58. The van der Waals surface area contributed by atoms with E-state index in [4.69, 9.17) is 5.73 Å². The number of hydrogen-bond acceptors (Lipinski definition) is 2. The monoisotopic (exact) mass is 332 g/mol. The fourth-order valence-electron chi connectivity index (χ4n) is 1.20. The SMILES string of the molecule is NC(=O)CCCNC(=O)c1cccc(I)c1. The fraction of sp³-hybridized carbons (Fsp3) is 0.273. The molecular formula is C11H13IN2O2. The van der Waals surface area contributed by atoms with Gasteiger partial charge in [-0.1, -0.05) is 6.07 Å². The van der Waals surface area contributed by atoms with E-state index in [0.717, 1.165) is 3.57 Å². The van der Waals surface area contributed by atoms with Crippen molar-refractivity contribution in [1.29, 1.82) is 0 Å². The zero-order valence-electron chi connectivity index (χ0n) is 8.70. The van der Waals surface area contributed by atoms with Gasteiger partial charge in [0.15, 0.2) is 0 Å². The molecule has 0 atom stereocenters. The van der Waals surface area contributed by atoms with E-state index in [0.29, 0.717) is 24.9 Å². The molecule has 16 heavy (non-hydrogen) atoms. The summed E-state index contributed by atoms with van der Waals surface area (Å²) in [6.45, 7) is 0.466. The Morgan fingerprint density at radius 2 is 2.12 bits per heavy atom. The third-order valence-electron chi connectivity index (χ3n) is 1.97. The number of nitrogens with one attached hydrogen (secondary N) is 1. The number of carbonyl (C=O) groups is 2. The molecule has 0 radical (unpaired) electrons. The van der Waals surface area contributed by atoms with Gasteiger partial charge in [0.1, 0.15) is 0 Å². The van der Waals surface area contributed by atoms with Crippen LogP contribution in [0.5, 0.6) is 0 Å². The van der Waals surface area contributed by atoms with E-state index < -0.39 is 0 Å². The predicted molar refractivity (Wildman–Crippen MR) is 69.9 cm³/mol. The molecule has 5 heteroatoms. The molecule has 0 spiro atoms. The van der Waals surface area contributed by atoms with Gasteiger partial charge in [-0.15, -0.1) is 0 Å². The Kier molecular flexibility index (Phi) is 5.24. The maximum atomic E-state index is 11.6. The van der Waals surface area contributed by atoms with Crippen LogP contribution in [-0.4, -0.2) is 18.4 Å². The third-order valence-corrected chi connectivity index (χ3v) is 2.64. The summed E-state index contributed by atoms with van der Waals surface area (Å²) in [5.74, 6) is -0.466. The highest BCUT2D eigenvalue weighted by atomic mass is 127. The van der Waals surface area contributed by atoms with Crippen molar-refractivity contribution in [3.63, 3.8) is 0 Å². The van der Waals surface area contributed by atoms with E-state index in [1.54, 1.807) is 6.07 Å². The molecule has 0 aromatic heterocycles. The lowest BCUT2D eigenvalue weighted by Crippen LogP contribution is -2.25. The zero-order chi connectivity index (χ0) is 12.0. The molecule has 86 valence electrons. The molecule has 3 N–H and O–H groups in total. The van der Waals surface area contributed by atoms with Crippen LogP contribution in [0.3, 0.4) is 0 Å².